The summed E-state index contributed by atoms with van der Waals surface area (Å²) >= 11 is 6.19. The molecule has 2 aromatic heterocycles. The topological polar surface area (TPSA) is 51.3 Å². The molecule has 9 heteroatoms. The fraction of sp³-hybridized carbons (Fsp3) is 0.167. The Morgan fingerprint density at radius 1 is 1.09 bits per heavy atom. The predicted molar refractivity (Wildman–Crippen MR) is 118 cm³/mol. The average molecular weight is 472 g/mol. The van der Waals surface area contributed by atoms with Gasteiger partial charge in [-0.05, 0) is 48.9 Å². The minimum Gasteiger partial charge on any atom is -0.469 e. The number of aromatic nitrogens is 2. The van der Waals surface area contributed by atoms with Gasteiger partial charge in [-0.3, -0.25) is 4.79 Å². The molecule has 0 N–H and O–H groups in total. The van der Waals surface area contributed by atoms with E-state index in [1.807, 2.05) is 0 Å². The van der Waals surface area contributed by atoms with Crippen LogP contribution in [0.3, 0.4) is 0 Å². The monoisotopic (exact) mass is 471 g/mol. The lowest BCUT2D eigenvalue weighted by molar-refractivity contribution is -0.142. The van der Waals surface area contributed by atoms with Crippen LogP contribution in [0.4, 0.5) is 18.9 Å². The number of rotatable bonds is 3. The van der Waals surface area contributed by atoms with Crippen LogP contribution >= 0.6 is 11.6 Å². The van der Waals surface area contributed by atoms with Crippen LogP contribution in [-0.4, -0.2) is 22.7 Å². The van der Waals surface area contributed by atoms with Crippen LogP contribution < -0.4 is 4.90 Å². The summed E-state index contributed by atoms with van der Waals surface area (Å²) in [4.78, 5) is 14.3. The molecular formula is C24H17ClF3N3O2. The fourth-order valence-electron chi connectivity index (χ4n) is 4.13. The lowest BCUT2D eigenvalue weighted by Gasteiger charge is -2.19. The number of carbonyl (C=O) groups excluding carboxylic acids is 1. The molecule has 0 spiro atoms. The van der Waals surface area contributed by atoms with Gasteiger partial charge in [0.15, 0.2) is 5.69 Å². The molecule has 2 aromatic carbocycles. The Morgan fingerprint density at radius 2 is 1.82 bits per heavy atom. The molecule has 1 aliphatic rings. The Morgan fingerprint density at radius 3 is 2.52 bits per heavy atom. The molecule has 0 bridgehead atoms. The Hall–Kier alpha value is -3.52. The van der Waals surface area contributed by atoms with Crippen LogP contribution in [0.25, 0.3) is 16.9 Å². The van der Waals surface area contributed by atoms with Gasteiger partial charge in [0.25, 0.3) is 5.91 Å². The standard InChI is InChI=1S/C24H17ClF3N3O2/c1-30(19-5-3-2-4-18(19)25)23(32)14-6-8-15(9-7-14)31-21-16-12-13-33-20(16)11-10-17(21)22(29-31)24(26,27)28/h2-9,12-13H,10-11H2,1H3. The van der Waals surface area contributed by atoms with Gasteiger partial charge in [0.05, 0.1) is 28.4 Å². The van der Waals surface area contributed by atoms with Gasteiger partial charge in [-0.1, -0.05) is 23.7 Å². The quantitative estimate of drug-likeness (QED) is 0.358. The predicted octanol–water partition coefficient (Wildman–Crippen LogP) is 6.18. The van der Waals surface area contributed by atoms with Crippen molar-refractivity contribution in [1.82, 2.24) is 9.78 Å². The second-order valence-electron chi connectivity index (χ2n) is 7.71. The molecule has 0 atom stereocenters. The van der Waals surface area contributed by atoms with Crippen molar-refractivity contribution in [2.75, 3.05) is 11.9 Å². The van der Waals surface area contributed by atoms with E-state index in [9.17, 15) is 18.0 Å². The zero-order valence-corrected chi connectivity index (χ0v) is 18.1. The molecular weight excluding hydrogens is 455 g/mol. The van der Waals surface area contributed by atoms with Crippen molar-refractivity contribution in [3.63, 3.8) is 0 Å². The molecule has 5 nitrogen and oxygen atoms in total. The zero-order chi connectivity index (χ0) is 23.3. The van der Waals surface area contributed by atoms with Crippen molar-refractivity contribution in [2.45, 2.75) is 19.0 Å². The minimum atomic E-state index is -4.58. The van der Waals surface area contributed by atoms with E-state index in [4.69, 9.17) is 16.0 Å². The van der Waals surface area contributed by atoms with Gasteiger partial charge in [0, 0.05) is 30.2 Å². The van der Waals surface area contributed by atoms with Crippen molar-refractivity contribution in [3.8, 4) is 16.9 Å². The van der Waals surface area contributed by atoms with Gasteiger partial charge < -0.3 is 9.32 Å². The summed E-state index contributed by atoms with van der Waals surface area (Å²) in [5.74, 6) is 0.329. The van der Waals surface area contributed by atoms with Crippen LogP contribution in [0.15, 0.2) is 65.3 Å². The van der Waals surface area contributed by atoms with E-state index in [1.54, 1.807) is 61.6 Å². The highest BCUT2D eigenvalue weighted by Crippen LogP contribution is 2.42. The second kappa shape index (κ2) is 7.81. The molecule has 0 saturated heterocycles. The molecule has 2 heterocycles. The number of hydrogen-bond donors (Lipinski definition) is 0. The van der Waals surface area contributed by atoms with E-state index in [0.717, 1.165) is 0 Å². The van der Waals surface area contributed by atoms with Gasteiger partial charge in [-0.2, -0.15) is 18.3 Å². The number of amides is 1. The van der Waals surface area contributed by atoms with Gasteiger partial charge in [-0.15, -0.1) is 0 Å². The highest BCUT2D eigenvalue weighted by molar-refractivity contribution is 6.34. The largest absolute Gasteiger partial charge is 0.469 e. The number of aryl methyl sites for hydroxylation is 1. The van der Waals surface area contributed by atoms with E-state index in [2.05, 4.69) is 5.10 Å². The Bertz CT molecular complexity index is 1360. The molecule has 33 heavy (non-hydrogen) atoms. The van der Waals surface area contributed by atoms with E-state index < -0.39 is 11.9 Å². The van der Waals surface area contributed by atoms with Crippen LogP contribution in [-0.2, 0) is 19.0 Å². The van der Waals surface area contributed by atoms with Gasteiger partial charge in [0.1, 0.15) is 5.76 Å². The van der Waals surface area contributed by atoms with Crippen molar-refractivity contribution >= 4 is 23.2 Å². The first-order valence-electron chi connectivity index (χ1n) is 10.1. The minimum absolute atomic E-state index is 0.148. The average Bonchev–Trinajstić information content (AvgIpc) is 3.43. The number of hydrogen-bond acceptors (Lipinski definition) is 3. The molecule has 5 rings (SSSR count). The normalized spacial score (nSPS) is 12.9. The lowest BCUT2D eigenvalue weighted by atomic mass is 9.94. The Balaban J connectivity index is 1.54. The highest BCUT2D eigenvalue weighted by atomic mass is 35.5. The van der Waals surface area contributed by atoms with Crippen LogP contribution in [0.1, 0.15) is 27.4 Å². The van der Waals surface area contributed by atoms with Crippen LogP contribution in [0, 0.1) is 0 Å². The molecule has 0 unspecified atom stereocenters. The Kier molecular flexibility index (Phi) is 5.05. The summed E-state index contributed by atoms with van der Waals surface area (Å²) in [6.45, 7) is 0. The summed E-state index contributed by atoms with van der Waals surface area (Å²) in [6.07, 6.45) is -2.54. The van der Waals surface area contributed by atoms with Crippen LogP contribution in [0.5, 0.6) is 0 Å². The van der Waals surface area contributed by atoms with Crippen molar-refractivity contribution in [2.24, 2.45) is 0 Å². The number of nitrogens with zero attached hydrogens (tertiary/aromatic N) is 3. The van der Waals surface area contributed by atoms with E-state index in [-0.39, 0.29) is 17.9 Å². The molecule has 4 aromatic rings. The third kappa shape index (κ3) is 3.60. The number of para-hydroxylation sites is 1. The van der Waals surface area contributed by atoms with Crippen LogP contribution in [0.2, 0.25) is 5.02 Å². The third-order valence-electron chi connectivity index (χ3n) is 5.73. The third-order valence-corrected chi connectivity index (χ3v) is 6.05. The summed E-state index contributed by atoms with van der Waals surface area (Å²) < 4.78 is 47.8. The van der Waals surface area contributed by atoms with Gasteiger partial charge >= 0.3 is 6.18 Å². The fourth-order valence-corrected chi connectivity index (χ4v) is 4.40. The van der Waals surface area contributed by atoms with Crippen molar-refractivity contribution in [3.05, 3.63) is 88.5 Å². The van der Waals surface area contributed by atoms with Gasteiger partial charge in [-0.25, -0.2) is 4.68 Å². The maximum Gasteiger partial charge on any atom is 0.435 e. The molecule has 1 aliphatic carbocycles. The number of alkyl halides is 3. The number of carbonyl (C=O) groups is 1. The maximum absolute atomic E-state index is 13.7. The molecule has 0 fully saturated rings. The Labute approximate surface area is 192 Å². The van der Waals surface area contributed by atoms with E-state index in [0.29, 0.717) is 45.4 Å². The number of halogens is 4. The smallest absolute Gasteiger partial charge is 0.435 e. The molecule has 0 aliphatic heterocycles. The summed E-state index contributed by atoms with van der Waals surface area (Å²) in [5.41, 5.74) is 1.53. The summed E-state index contributed by atoms with van der Waals surface area (Å²) in [6, 6.07) is 14.9. The van der Waals surface area contributed by atoms with Crippen molar-refractivity contribution in [1.29, 1.82) is 0 Å². The SMILES string of the molecule is CN(C(=O)c1ccc(-n2nc(C(F)(F)F)c3c2-c2ccoc2CC3)cc1)c1ccccc1Cl. The molecule has 0 saturated carbocycles. The molecule has 0 radical (unpaired) electrons. The first kappa shape index (κ1) is 21.3. The summed E-state index contributed by atoms with van der Waals surface area (Å²) in [5, 5.41) is 4.35. The summed E-state index contributed by atoms with van der Waals surface area (Å²) in [7, 11) is 1.61. The first-order chi connectivity index (χ1) is 15.8. The zero-order valence-electron chi connectivity index (χ0n) is 17.4. The number of benzene rings is 2. The number of furan rings is 1. The maximum atomic E-state index is 13.7. The van der Waals surface area contributed by atoms with E-state index >= 15 is 0 Å². The molecule has 1 amide bonds. The second-order valence-corrected chi connectivity index (χ2v) is 8.11. The number of anilines is 1. The van der Waals surface area contributed by atoms with Crippen molar-refractivity contribution < 1.29 is 22.4 Å². The number of fused-ring (bicyclic) bond motifs is 3. The highest BCUT2D eigenvalue weighted by Gasteiger charge is 2.41. The van der Waals surface area contributed by atoms with Gasteiger partial charge in [0.2, 0.25) is 0 Å². The first-order valence-corrected chi connectivity index (χ1v) is 10.5. The molecule has 168 valence electrons. The van der Waals surface area contributed by atoms with E-state index in [1.165, 1.54) is 15.8 Å². The lowest BCUT2D eigenvalue weighted by Crippen LogP contribution is -2.26.